The number of thioether (sulfide) groups is 1. The number of benzene rings is 2. The lowest BCUT2D eigenvalue weighted by molar-refractivity contribution is -0.0876. The fourth-order valence-corrected chi connectivity index (χ4v) is 4.58. The maximum absolute atomic E-state index is 6.58. The quantitative estimate of drug-likeness (QED) is 0.182. The van der Waals surface area contributed by atoms with E-state index in [2.05, 4.69) is 39.5 Å². The molecule has 0 aliphatic heterocycles. The molecule has 0 aliphatic carbocycles. The standard InChI is InChI=1S/C29H40O4S2/c1-7-11-21(2)28(33-29(34)35-6)23(4)27(32-20-25-14-16-26(30-5)17-15-25)22(3)18-31-19-24-12-9-8-10-13-24/h7-10,12-17,21-23,27-28H,1,11,18-20H2,2-6H3/t21-,22+,23+,27+,28+/m0/s1. The Morgan fingerprint density at radius 3 is 2.20 bits per heavy atom. The zero-order valence-electron chi connectivity index (χ0n) is 21.6. The molecular weight excluding hydrogens is 476 g/mol. The molecule has 0 bridgehead atoms. The molecule has 2 rings (SSSR count). The first kappa shape index (κ1) is 29.4. The molecule has 0 unspecified atom stereocenters. The van der Waals surface area contributed by atoms with Crippen molar-refractivity contribution in [2.45, 2.75) is 52.6 Å². The molecule has 4 nitrogen and oxygen atoms in total. The van der Waals surface area contributed by atoms with Gasteiger partial charge in [-0.25, -0.2) is 0 Å². The van der Waals surface area contributed by atoms with Crippen molar-refractivity contribution in [2.24, 2.45) is 17.8 Å². The molecule has 0 fully saturated rings. The Hall–Kier alpha value is -1.86. The second-order valence-corrected chi connectivity index (χ2v) is 10.4. The molecule has 0 radical (unpaired) electrons. The SMILES string of the molecule is C=CC[C@H](C)[C@@H](OC(=S)SC)[C@H](C)[C@H](OCc1ccc(OC)cc1)[C@H](C)COCc1ccccc1. The fraction of sp³-hybridized carbons (Fsp3) is 0.483. The highest BCUT2D eigenvalue weighted by atomic mass is 32.2. The smallest absolute Gasteiger partial charge is 0.219 e. The lowest BCUT2D eigenvalue weighted by atomic mass is 9.83. The highest BCUT2D eigenvalue weighted by Crippen LogP contribution is 2.30. The maximum Gasteiger partial charge on any atom is 0.219 e. The van der Waals surface area contributed by atoms with Gasteiger partial charge >= 0.3 is 0 Å². The van der Waals surface area contributed by atoms with Gasteiger partial charge in [0.1, 0.15) is 11.9 Å². The van der Waals surface area contributed by atoms with Gasteiger partial charge in [-0.2, -0.15) is 0 Å². The Kier molecular flexibility index (Phi) is 13.4. The van der Waals surface area contributed by atoms with Crippen LogP contribution in [-0.4, -0.2) is 36.6 Å². The average molecular weight is 517 g/mol. The Morgan fingerprint density at radius 2 is 1.60 bits per heavy atom. The first-order chi connectivity index (χ1) is 16.9. The van der Waals surface area contributed by atoms with Crippen LogP contribution < -0.4 is 4.74 Å². The molecule has 0 amide bonds. The lowest BCUT2D eigenvalue weighted by Crippen LogP contribution is -2.42. The van der Waals surface area contributed by atoms with E-state index in [1.54, 1.807) is 7.11 Å². The average Bonchev–Trinajstić information content (AvgIpc) is 2.88. The van der Waals surface area contributed by atoms with Crippen molar-refractivity contribution in [1.29, 1.82) is 0 Å². The van der Waals surface area contributed by atoms with E-state index in [4.69, 9.17) is 31.2 Å². The van der Waals surface area contributed by atoms with Crippen molar-refractivity contribution in [2.75, 3.05) is 20.0 Å². The third-order valence-corrected chi connectivity index (χ3v) is 7.22. The molecule has 192 valence electrons. The zero-order valence-corrected chi connectivity index (χ0v) is 23.3. The number of rotatable bonds is 15. The van der Waals surface area contributed by atoms with Gasteiger partial charge in [-0.1, -0.05) is 81.1 Å². The summed E-state index contributed by atoms with van der Waals surface area (Å²) in [5.74, 6) is 1.32. The highest BCUT2D eigenvalue weighted by Gasteiger charge is 2.35. The Labute approximate surface area is 221 Å². The third-order valence-electron chi connectivity index (χ3n) is 6.19. The van der Waals surface area contributed by atoms with E-state index in [0.29, 0.717) is 24.2 Å². The number of hydrogen-bond acceptors (Lipinski definition) is 6. The molecule has 0 heterocycles. The van der Waals surface area contributed by atoms with Crippen LogP contribution in [-0.2, 0) is 27.4 Å². The van der Waals surface area contributed by atoms with Gasteiger partial charge in [0, 0.05) is 11.8 Å². The Morgan fingerprint density at radius 1 is 0.943 bits per heavy atom. The maximum atomic E-state index is 6.58. The van der Waals surface area contributed by atoms with E-state index in [1.807, 2.05) is 54.8 Å². The van der Waals surface area contributed by atoms with Crippen molar-refractivity contribution in [1.82, 2.24) is 0 Å². The van der Waals surface area contributed by atoms with Crippen molar-refractivity contribution >= 4 is 28.4 Å². The second kappa shape index (κ2) is 16.0. The van der Waals surface area contributed by atoms with E-state index < -0.39 is 0 Å². The van der Waals surface area contributed by atoms with Crippen LogP contribution in [0.4, 0.5) is 0 Å². The van der Waals surface area contributed by atoms with Crippen LogP contribution in [0.2, 0.25) is 0 Å². The molecule has 6 heteroatoms. The Bertz CT molecular complexity index is 872. The molecule has 2 aromatic carbocycles. The van der Waals surface area contributed by atoms with Crippen LogP contribution in [0, 0.1) is 17.8 Å². The second-order valence-electron chi connectivity index (χ2n) is 9.00. The van der Waals surface area contributed by atoms with Gasteiger partial charge in [0.15, 0.2) is 0 Å². The molecule has 0 aromatic heterocycles. The first-order valence-corrected chi connectivity index (χ1v) is 13.7. The van der Waals surface area contributed by atoms with Gasteiger partial charge in [0.2, 0.25) is 4.38 Å². The summed E-state index contributed by atoms with van der Waals surface area (Å²) in [4.78, 5) is 0. The minimum absolute atomic E-state index is 0.0867. The minimum atomic E-state index is -0.0922. The molecule has 2 aromatic rings. The lowest BCUT2D eigenvalue weighted by Gasteiger charge is -2.37. The summed E-state index contributed by atoms with van der Waals surface area (Å²) in [6.07, 6.45) is 4.55. The van der Waals surface area contributed by atoms with Gasteiger partial charge in [0.25, 0.3) is 0 Å². The molecule has 0 saturated heterocycles. The summed E-state index contributed by atoms with van der Waals surface area (Å²) in [5.41, 5.74) is 2.26. The minimum Gasteiger partial charge on any atom is -0.497 e. The van der Waals surface area contributed by atoms with Crippen LogP contribution in [0.3, 0.4) is 0 Å². The highest BCUT2D eigenvalue weighted by molar-refractivity contribution is 8.22. The summed E-state index contributed by atoms with van der Waals surface area (Å²) in [7, 11) is 1.67. The van der Waals surface area contributed by atoms with Crippen LogP contribution >= 0.6 is 24.0 Å². The van der Waals surface area contributed by atoms with E-state index in [0.717, 1.165) is 23.3 Å². The van der Waals surface area contributed by atoms with Gasteiger partial charge in [-0.05, 0) is 54.1 Å². The largest absolute Gasteiger partial charge is 0.497 e. The predicted molar refractivity (Wildman–Crippen MR) is 151 cm³/mol. The zero-order chi connectivity index (χ0) is 25.6. The Balaban J connectivity index is 2.16. The molecule has 5 atom stereocenters. The van der Waals surface area contributed by atoms with E-state index in [1.165, 1.54) is 11.8 Å². The van der Waals surface area contributed by atoms with Crippen molar-refractivity contribution in [3.8, 4) is 5.75 Å². The van der Waals surface area contributed by atoms with Crippen LogP contribution in [0.25, 0.3) is 0 Å². The van der Waals surface area contributed by atoms with Crippen molar-refractivity contribution < 1.29 is 18.9 Å². The van der Waals surface area contributed by atoms with Crippen molar-refractivity contribution in [3.63, 3.8) is 0 Å². The van der Waals surface area contributed by atoms with Gasteiger partial charge < -0.3 is 18.9 Å². The molecule has 35 heavy (non-hydrogen) atoms. The summed E-state index contributed by atoms with van der Waals surface area (Å²) in [6.45, 7) is 12.1. The summed E-state index contributed by atoms with van der Waals surface area (Å²) >= 11 is 6.89. The van der Waals surface area contributed by atoms with Crippen LogP contribution in [0.5, 0.6) is 5.75 Å². The third kappa shape index (κ3) is 9.96. The molecule has 0 saturated carbocycles. The van der Waals surface area contributed by atoms with Gasteiger partial charge in [0.05, 0.1) is 33.0 Å². The van der Waals surface area contributed by atoms with E-state index in [9.17, 15) is 0 Å². The van der Waals surface area contributed by atoms with E-state index in [-0.39, 0.29) is 30.0 Å². The summed E-state index contributed by atoms with van der Waals surface area (Å²) in [5, 5.41) is 0. The molecule has 0 aliphatic rings. The number of hydrogen-bond donors (Lipinski definition) is 0. The molecule has 0 spiro atoms. The summed E-state index contributed by atoms with van der Waals surface area (Å²) in [6, 6.07) is 18.2. The normalized spacial score (nSPS) is 15.5. The topological polar surface area (TPSA) is 36.9 Å². The van der Waals surface area contributed by atoms with Crippen molar-refractivity contribution in [3.05, 3.63) is 78.4 Å². The molecule has 0 N–H and O–H groups in total. The van der Waals surface area contributed by atoms with Crippen LogP contribution in [0.1, 0.15) is 38.3 Å². The number of allylic oxidation sites excluding steroid dienone is 1. The van der Waals surface area contributed by atoms with E-state index >= 15 is 0 Å². The first-order valence-electron chi connectivity index (χ1n) is 12.1. The van der Waals surface area contributed by atoms with Crippen LogP contribution in [0.15, 0.2) is 67.3 Å². The number of methoxy groups -OCH3 is 1. The fourth-order valence-electron chi connectivity index (χ4n) is 4.27. The number of thiocarbonyl (C=S) groups is 1. The number of ether oxygens (including phenoxy) is 4. The summed E-state index contributed by atoms with van der Waals surface area (Å²) < 4.78 is 24.8. The van der Waals surface area contributed by atoms with Gasteiger partial charge in [-0.15, -0.1) is 6.58 Å². The monoisotopic (exact) mass is 516 g/mol. The van der Waals surface area contributed by atoms with Gasteiger partial charge in [-0.3, -0.25) is 0 Å². The predicted octanol–water partition coefficient (Wildman–Crippen LogP) is 7.31. The molecular formula is C29H40O4S2.